The van der Waals surface area contributed by atoms with Crippen molar-refractivity contribution in [2.45, 2.75) is 69.4 Å². The van der Waals surface area contributed by atoms with E-state index in [1.165, 1.54) is 29.1 Å². The molecule has 2 N–H and O–H groups in total. The molecule has 0 saturated carbocycles. The van der Waals surface area contributed by atoms with Gasteiger partial charge in [0.15, 0.2) is 5.15 Å². The number of hydrogen-bond acceptors (Lipinski definition) is 7. The van der Waals surface area contributed by atoms with E-state index in [2.05, 4.69) is 15.2 Å². The summed E-state index contributed by atoms with van der Waals surface area (Å²) in [6.45, 7) is 4.59. The number of carboxylic acids is 1. The van der Waals surface area contributed by atoms with E-state index >= 15 is 0 Å². The van der Waals surface area contributed by atoms with Crippen LogP contribution in [0.2, 0.25) is 5.15 Å². The second-order valence-corrected chi connectivity index (χ2v) is 11.5. The molecule has 0 saturated heterocycles. The van der Waals surface area contributed by atoms with Crippen LogP contribution in [0.1, 0.15) is 46.6 Å². The standard InChI is InChI=1S/C22H26ClF3N4O7S/c1-12(2)29-11-17(19(23)28-29)38(34,35)30-10-14(6-8-18(31)32)36-16-7-5-13(9-15(16)30)27-20(33)37-21(3,4)22(24,25)26/h5,7,9,11-12,14H,6,8,10H2,1-4H3,(H,27,33)(H,31,32). The number of carbonyl (C=O) groups excluding carboxylic acids is 1. The summed E-state index contributed by atoms with van der Waals surface area (Å²) in [7, 11) is -4.39. The topological polar surface area (TPSA) is 140 Å². The monoisotopic (exact) mass is 582 g/mol. The van der Waals surface area contributed by atoms with Gasteiger partial charge < -0.3 is 14.6 Å². The fraction of sp³-hybridized carbons (Fsp3) is 0.500. The second kappa shape index (κ2) is 10.5. The molecule has 38 heavy (non-hydrogen) atoms. The van der Waals surface area contributed by atoms with Gasteiger partial charge in [-0.05, 0) is 52.3 Å². The lowest BCUT2D eigenvalue weighted by Gasteiger charge is -2.35. The average Bonchev–Trinajstić information content (AvgIpc) is 3.18. The Bertz CT molecular complexity index is 1330. The Balaban J connectivity index is 1.99. The van der Waals surface area contributed by atoms with Crippen LogP contribution in [-0.4, -0.2) is 59.8 Å². The Morgan fingerprint density at radius 2 is 1.97 bits per heavy atom. The molecule has 2 heterocycles. The fourth-order valence-electron chi connectivity index (χ4n) is 3.39. The number of aliphatic carboxylic acids is 1. The molecule has 1 aromatic carbocycles. The molecule has 0 radical (unpaired) electrons. The molecular formula is C22H26ClF3N4O7S. The maximum absolute atomic E-state index is 13.7. The fourth-order valence-corrected chi connectivity index (χ4v) is 5.32. The van der Waals surface area contributed by atoms with Crippen molar-refractivity contribution in [2.75, 3.05) is 16.2 Å². The lowest BCUT2D eigenvalue weighted by atomic mass is 10.1. The number of anilines is 2. The van der Waals surface area contributed by atoms with Crippen molar-refractivity contribution in [3.63, 3.8) is 0 Å². The van der Waals surface area contributed by atoms with E-state index in [0.717, 1.165) is 4.31 Å². The van der Waals surface area contributed by atoms with Gasteiger partial charge in [0.05, 0.1) is 12.2 Å². The molecule has 11 nitrogen and oxygen atoms in total. The van der Waals surface area contributed by atoms with Gasteiger partial charge in [-0.15, -0.1) is 0 Å². The lowest BCUT2D eigenvalue weighted by molar-refractivity contribution is -0.242. The van der Waals surface area contributed by atoms with Crippen LogP contribution >= 0.6 is 11.6 Å². The Morgan fingerprint density at radius 1 is 1.32 bits per heavy atom. The van der Waals surface area contributed by atoms with E-state index in [1.54, 1.807) is 13.8 Å². The first-order valence-electron chi connectivity index (χ1n) is 11.3. The largest absolute Gasteiger partial charge is 0.486 e. The molecule has 210 valence electrons. The number of ether oxygens (including phenoxy) is 2. The van der Waals surface area contributed by atoms with Crippen molar-refractivity contribution in [3.05, 3.63) is 29.5 Å². The van der Waals surface area contributed by atoms with E-state index in [1.807, 2.05) is 0 Å². The average molecular weight is 583 g/mol. The molecule has 0 bridgehead atoms. The normalized spacial score (nSPS) is 16.1. The zero-order valence-electron chi connectivity index (χ0n) is 20.7. The number of carbonyl (C=O) groups is 2. The van der Waals surface area contributed by atoms with Crippen LogP contribution in [0.25, 0.3) is 0 Å². The van der Waals surface area contributed by atoms with Crippen LogP contribution in [0.3, 0.4) is 0 Å². The first-order valence-corrected chi connectivity index (χ1v) is 13.1. The van der Waals surface area contributed by atoms with Crippen molar-refractivity contribution in [1.29, 1.82) is 0 Å². The summed E-state index contributed by atoms with van der Waals surface area (Å²) < 4.78 is 79.2. The van der Waals surface area contributed by atoms with Gasteiger partial charge >= 0.3 is 18.2 Å². The van der Waals surface area contributed by atoms with Crippen molar-refractivity contribution in [2.24, 2.45) is 0 Å². The highest BCUT2D eigenvalue weighted by molar-refractivity contribution is 7.93. The molecule has 1 amide bonds. The number of halogens is 4. The van der Waals surface area contributed by atoms with Crippen LogP contribution in [0.15, 0.2) is 29.3 Å². The van der Waals surface area contributed by atoms with Crippen LogP contribution < -0.4 is 14.4 Å². The highest BCUT2D eigenvalue weighted by Crippen LogP contribution is 2.41. The number of carboxylic acid groups (broad SMARTS) is 1. The summed E-state index contributed by atoms with van der Waals surface area (Å²) >= 11 is 6.15. The van der Waals surface area contributed by atoms with Crippen LogP contribution in [0.4, 0.5) is 29.3 Å². The van der Waals surface area contributed by atoms with Gasteiger partial charge in [0, 0.05) is 24.3 Å². The van der Waals surface area contributed by atoms with E-state index < -0.39 is 40.0 Å². The van der Waals surface area contributed by atoms with Crippen LogP contribution in [-0.2, 0) is 19.6 Å². The summed E-state index contributed by atoms with van der Waals surface area (Å²) in [5, 5.41) is 14.9. The molecule has 1 atom stereocenters. The molecule has 2 aromatic rings. The van der Waals surface area contributed by atoms with Crippen molar-refractivity contribution in [3.8, 4) is 5.75 Å². The summed E-state index contributed by atoms with van der Waals surface area (Å²) in [5.41, 5.74) is -2.92. The number of hydrogen-bond donors (Lipinski definition) is 2. The molecule has 1 aliphatic heterocycles. The number of amides is 1. The molecule has 0 spiro atoms. The third-order valence-electron chi connectivity index (χ3n) is 5.60. The highest BCUT2D eigenvalue weighted by atomic mass is 35.5. The Labute approximate surface area is 221 Å². The highest BCUT2D eigenvalue weighted by Gasteiger charge is 2.51. The van der Waals surface area contributed by atoms with Gasteiger partial charge in [-0.1, -0.05) is 11.6 Å². The second-order valence-electron chi connectivity index (χ2n) is 9.27. The smallest absolute Gasteiger partial charge is 0.427 e. The number of alkyl halides is 3. The Kier molecular flexibility index (Phi) is 8.13. The summed E-state index contributed by atoms with van der Waals surface area (Å²) in [5.74, 6) is -1.06. The predicted molar refractivity (Wildman–Crippen MR) is 130 cm³/mol. The molecule has 1 aliphatic rings. The maximum atomic E-state index is 13.7. The Hall–Kier alpha value is -3.20. The number of aromatic nitrogens is 2. The lowest BCUT2D eigenvalue weighted by Crippen LogP contribution is -2.44. The van der Waals surface area contributed by atoms with E-state index in [4.69, 9.17) is 21.4 Å². The Morgan fingerprint density at radius 3 is 2.53 bits per heavy atom. The minimum Gasteiger partial charge on any atom is -0.486 e. The van der Waals surface area contributed by atoms with Crippen molar-refractivity contribution >= 4 is 45.1 Å². The minimum atomic E-state index is -4.83. The zero-order valence-corrected chi connectivity index (χ0v) is 22.3. The van der Waals surface area contributed by atoms with Gasteiger partial charge in [-0.2, -0.15) is 18.3 Å². The van der Waals surface area contributed by atoms with Gasteiger partial charge in [0.1, 0.15) is 16.7 Å². The molecule has 0 aliphatic carbocycles. The number of nitrogens with one attached hydrogen (secondary N) is 1. The number of rotatable bonds is 8. The van der Waals surface area contributed by atoms with E-state index in [9.17, 15) is 31.2 Å². The number of sulfonamides is 1. The minimum absolute atomic E-state index is 0.0152. The molecule has 0 fully saturated rings. The number of benzene rings is 1. The molecular weight excluding hydrogens is 557 g/mol. The molecule has 1 unspecified atom stereocenters. The molecule has 1 aromatic heterocycles. The third-order valence-corrected chi connectivity index (χ3v) is 7.77. The zero-order chi connectivity index (χ0) is 28.6. The van der Waals surface area contributed by atoms with Gasteiger partial charge in [-0.3, -0.25) is 19.1 Å². The predicted octanol–water partition coefficient (Wildman–Crippen LogP) is 4.83. The van der Waals surface area contributed by atoms with Crippen LogP contribution in [0.5, 0.6) is 5.75 Å². The van der Waals surface area contributed by atoms with Gasteiger partial charge in [0.25, 0.3) is 10.0 Å². The molecule has 16 heteroatoms. The first kappa shape index (κ1) is 29.4. The summed E-state index contributed by atoms with van der Waals surface area (Å²) in [4.78, 5) is 22.9. The van der Waals surface area contributed by atoms with Crippen LogP contribution in [0, 0.1) is 0 Å². The SMILES string of the molecule is CC(C)n1cc(S(=O)(=O)N2CC(CCC(=O)O)Oc3ccc(NC(=O)OC(C)(C)C(F)(F)F)cc32)c(Cl)n1. The van der Waals surface area contributed by atoms with Gasteiger partial charge in [-0.25, -0.2) is 13.2 Å². The van der Waals surface area contributed by atoms with E-state index in [0.29, 0.717) is 13.8 Å². The first-order chi connectivity index (χ1) is 17.4. The number of nitrogens with zero attached hydrogens (tertiary/aromatic N) is 3. The molecule has 3 rings (SSSR count). The third kappa shape index (κ3) is 6.26. The van der Waals surface area contributed by atoms with Crippen molar-refractivity contribution < 1.29 is 45.8 Å². The van der Waals surface area contributed by atoms with Gasteiger partial charge in [0.2, 0.25) is 5.60 Å². The quantitative estimate of drug-likeness (QED) is 0.451. The summed E-state index contributed by atoms with van der Waals surface area (Å²) in [6, 6.07) is 3.55. The van der Waals surface area contributed by atoms with Crippen molar-refractivity contribution in [1.82, 2.24) is 9.78 Å². The maximum Gasteiger partial charge on any atom is 0.427 e. The number of fused-ring (bicyclic) bond motifs is 1. The van der Waals surface area contributed by atoms with E-state index in [-0.39, 0.29) is 52.6 Å². The summed E-state index contributed by atoms with van der Waals surface area (Å²) in [6.07, 6.45) is -6.15.